The first kappa shape index (κ1) is 23.6. The average Bonchev–Trinajstić information content (AvgIpc) is 2.96. The highest BCUT2D eigenvalue weighted by Gasteiger charge is 2.30. The second-order valence-electron chi connectivity index (χ2n) is 8.57. The Kier molecular flexibility index (Phi) is 7.32. The van der Waals surface area contributed by atoms with Gasteiger partial charge in [-0.2, -0.15) is 0 Å². The molecule has 3 amide bonds. The van der Waals surface area contributed by atoms with Gasteiger partial charge in [0, 0.05) is 25.7 Å². The fraction of sp³-hybridized carbons (Fsp3) is 0.400. The third kappa shape index (κ3) is 5.48. The van der Waals surface area contributed by atoms with Crippen molar-refractivity contribution in [2.45, 2.75) is 37.9 Å². The standard InChI is InChI=1S/C25H30N4O5/c1-33-21-8-7-16(13-22(21)34-2)15-29-11-9-17(10-12-29)26-23(30)14-20-25(32)27-19-6-4-3-5-18(19)24(31)28-20/h3-8,13,17,20H,9-12,14-15H2,1-2H3,(H,26,30)(H,27,32)(H,28,31)/t20-/m0/s1. The van der Waals surface area contributed by atoms with Crippen LogP contribution in [0.25, 0.3) is 0 Å². The highest BCUT2D eigenvalue weighted by atomic mass is 16.5. The van der Waals surface area contributed by atoms with Crippen molar-refractivity contribution in [1.29, 1.82) is 0 Å². The molecule has 1 atom stereocenters. The summed E-state index contributed by atoms with van der Waals surface area (Å²) < 4.78 is 10.7. The Balaban J connectivity index is 1.25. The van der Waals surface area contributed by atoms with Crippen molar-refractivity contribution in [3.05, 3.63) is 53.6 Å². The summed E-state index contributed by atoms with van der Waals surface area (Å²) >= 11 is 0. The van der Waals surface area contributed by atoms with Gasteiger partial charge < -0.3 is 25.4 Å². The SMILES string of the molecule is COc1ccc(CN2CCC(NC(=O)C[C@@H]3NC(=O)c4ccccc4NC3=O)CC2)cc1OC. The molecule has 1 fully saturated rings. The minimum absolute atomic E-state index is 0.0379. The first-order valence-corrected chi connectivity index (χ1v) is 11.4. The van der Waals surface area contributed by atoms with Crippen molar-refractivity contribution in [3.63, 3.8) is 0 Å². The summed E-state index contributed by atoms with van der Waals surface area (Å²) in [5.74, 6) is 0.410. The zero-order chi connectivity index (χ0) is 24.1. The van der Waals surface area contributed by atoms with E-state index in [-0.39, 0.29) is 24.3 Å². The molecule has 4 rings (SSSR count). The van der Waals surface area contributed by atoms with Crippen molar-refractivity contribution >= 4 is 23.4 Å². The molecule has 9 nitrogen and oxygen atoms in total. The number of hydrogen-bond acceptors (Lipinski definition) is 6. The molecule has 9 heteroatoms. The van der Waals surface area contributed by atoms with Gasteiger partial charge >= 0.3 is 0 Å². The van der Waals surface area contributed by atoms with Crippen LogP contribution < -0.4 is 25.4 Å². The zero-order valence-corrected chi connectivity index (χ0v) is 19.4. The maximum absolute atomic E-state index is 12.6. The third-order valence-corrected chi connectivity index (χ3v) is 6.25. The Labute approximate surface area is 198 Å². The second-order valence-corrected chi connectivity index (χ2v) is 8.57. The van der Waals surface area contributed by atoms with Crippen LogP contribution in [0.1, 0.15) is 35.2 Å². The van der Waals surface area contributed by atoms with Gasteiger partial charge in [0.2, 0.25) is 11.8 Å². The maximum Gasteiger partial charge on any atom is 0.254 e. The number of benzene rings is 2. The van der Waals surface area contributed by atoms with Gasteiger partial charge in [-0.05, 0) is 42.7 Å². The Morgan fingerprint density at radius 3 is 2.53 bits per heavy atom. The van der Waals surface area contributed by atoms with Crippen LogP contribution in [0, 0.1) is 0 Å². The molecule has 2 aliphatic rings. The zero-order valence-electron chi connectivity index (χ0n) is 19.4. The van der Waals surface area contributed by atoms with E-state index in [0.29, 0.717) is 22.7 Å². The van der Waals surface area contributed by atoms with Crippen molar-refractivity contribution in [3.8, 4) is 11.5 Å². The van der Waals surface area contributed by atoms with Crippen molar-refractivity contribution in [2.24, 2.45) is 0 Å². The van der Waals surface area contributed by atoms with Gasteiger partial charge in [0.25, 0.3) is 5.91 Å². The van der Waals surface area contributed by atoms with Gasteiger partial charge in [-0.1, -0.05) is 18.2 Å². The fourth-order valence-electron chi connectivity index (χ4n) is 4.40. The first-order chi connectivity index (χ1) is 16.5. The number of para-hydroxylation sites is 1. The monoisotopic (exact) mass is 466 g/mol. The lowest BCUT2D eigenvalue weighted by Gasteiger charge is -2.32. The average molecular weight is 467 g/mol. The number of carbonyl (C=O) groups excluding carboxylic acids is 3. The van der Waals surface area contributed by atoms with E-state index in [1.54, 1.807) is 38.5 Å². The van der Waals surface area contributed by atoms with Crippen LogP contribution in [0.15, 0.2) is 42.5 Å². The van der Waals surface area contributed by atoms with Gasteiger partial charge in [-0.3, -0.25) is 19.3 Å². The topological polar surface area (TPSA) is 109 Å². The smallest absolute Gasteiger partial charge is 0.254 e. The van der Waals surface area contributed by atoms with Crippen molar-refractivity contribution in [1.82, 2.24) is 15.5 Å². The van der Waals surface area contributed by atoms with Gasteiger partial charge in [0.05, 0.1) is 31.9 Å². The molecule has 2 aliphatic heterocycles. The third-order valence-electron chi connectivity index (χ3n) is 6.25. The number of amides is 3. The summed E-state index contributed by atoms with van der Waals surface area (Å²) in [6, 6.07) is 11.8. The fourth-order valence-corrected chi connectivity index (χ4v) is 4.40. The molecule has 0 radical (unpaired) electrons. The summed E-state index contributed by atoms with van der Waals surface area (Å²) in [6.45, 7) is 2.47. The second kappa shape index (κ2) is 10.6. The Morgan fingerprint density at radius 2 is 1.79 bits per heavy atom. The molecule has 2 aromatic rings. The van der Waals surface area contributed by atoms with E-state index < -0.39 is 11.9 Å². The number of ether oxygens (including phenoxy) is 2. The minimum atomic E-state index is -0.912. The first-order valence-electron chi connectivity index (χ1n) is 11.4. The summed E-state index contributed by atoms with van der Waals surface area (Å²) in [6.07, 6.45) is 1.53. The number of rotatable bonds is 7. The number of piperidine rings is 1. The molecule has 1 saturated heterocycles. The largest absolute Gasteiger partial charge is 0.493 e. The predicted molar refractivity (Wildman–Crippen MR) is 127 cm³/mol. The van der Waals surface area contributed by atoms with E-state index in [0.717, 1.165) is 38.0 Å². The summed E-state index contributed by atoms with van der Waals surface area (Å²) in [5, 5.41) is 8.42. The lowest BCUT2D eigenvalue weighted by Crippen LogP contribution is -2.48. The highest BCUT2D eigenvalue weighted by Crippen LogP contribution is 2.28. The molecule has 2 heterocycles. The molecular formula is C25H30N4O5. The molecular weight excluding hydrogens is 436 g/mol. The van der Waals surface area contributed by atoms with E-state index in [4.69, 9.17) is 9.47 Å². The Bertz CT molecular complexity index is 1070. The number of anilines is 1. The van der Waals surface area contributed by atoms with E-state index in [1.807, 2.05) is 18.2 Å². The number of hydrogen-bond donors (Lipinski definition) is 3. The van der Waals surface area contributed by atoms with Crippen LogP contribution in [-0.2, 0) is 16.1 Å². The Hall–Kier alpha value is -3.59. The van der Waals surface area contributed by atoms with Crippen molar-refractivity contribution < 1.29 is 23.9 Å². The van der Waals surface area contributed by atoms with E-state index >= 15 is 0 Å². The van der Waals surface area contributed by atoms with Crippen LogP contribution in [-0.4, -0.2) is 62.0 Å². The molecule has 3 N–H and O–H groups in total. The summed E-state index contributed by atoms with van der Waals surface area (Å²) in [5.41, 5.74) is 1.98. The van der Waals surface area contributed by atoms with Crippen LogP contribution in [0.3, 0.4) is 0 Å². The number of nitrogens with one attached hydrogen (secondary N) is 3. The molecule has 180 valence electrons. The molecule has 0 aliphatic carbocycles. The number of methoxy groups -OCH3 is 2. The Morgan fingerprint density at radius 1 is 1.06 bits per heavy atom. The molecule has 0 unspecified atom stereocenters. The molecule has 0 bridgehead atoms. The van der Waals surface area contributed by atoms with E-state index in [2.05, 4.69) is 20.9 Å². The summed E-state index contributed by atoms with van der Waals surface area (Å²) in [7, 11) is 3.24. The van der Waals surface area contributed by atoms with E-state index in [1.165, 1.54) is 0 Å². The van der Waals surface area contributed by atoms with Crippen molar-refractivity contribution in [2.75, 3.05) is 32.6 Å². The van der Waals surface area contributed by atoms with Crippen LogP contribution in [0.5, 0.6) is 11.5 Å². The molecule has 2 aromatic carbocycles. The highest BCUT2D eigenvalue weighted by molar-refractivity contribution is 6.10. The predicted octanol–water partition coefficient (Wildman–Crippen LogP) is 1.93. The lowest BCUT2D eigenvalue weighted by atomic mass is 10.0. The molecule has 0 spiro atoms. The number of likely N-dealkylation sites (tertiary alicyclic amines) is 1. The normalized spacial score (nSPS) is 18.8. The van der Waals surface area contributed by atoms with E-state index in [9.17, 15) is 14.4 Å². The van der Waals surface area contributed by atoms with Crippen LogP contribution in [0.4, 0.5) is 5.69 Å². The molecule has 0 aromatic heterocycles. The number of nitrogens with zero attached hydrogens (tertiary/aromatic N) is 1. The quantitative estimate of drug-likeness (QED) is 0.575. The van der Waals surface area contributed by atoms with Crippen LogP contribution in [0.2, 0.25) is 0 Å². The maximum atomic E-state index is 12.6. The van der Waals surface area contributed by atoms with Gasteiger partial charge in [-0.15, -0.1) is 0 Å². The molecule has 0 saturated carbocycles. The lowest BCUT2D eigenvalue weighted by molar-refractivity contribution is -0.126. The summed E-state index contributed by atoms with van der Waals surface area (Å²) in [4.78, 5) is 39.9. The van der Waals surface area contributed by atoms with Gasteiger partial charge in [-0.25, -0.2) is 0 Å². The minimum Gasteiger partial charge on any atom is -0.493 e. The number of carbonyl (C=O) groups is 3. The van der Waals surface area contributed by atoms with Crippen LogP contribution >= 0.6 is 0 Å². The van der Waals surface area contributed by atoms with Gasteiger partial charge in [0.1, 0.15) is 6.04 Å². The van der Waals surface area contributed by atoms with Gasteiger partial charge in [0.15, 0.2) is 11.5 Å². The molecule has 34 heavy (non-hydrogen) atoms. The number of fused-ring (bicyclic) bond motifs is 1.